The normalized spacial score (nSPS) is 9.00. The molecule has 66 valence electrons. The molecule has 0 saturated heterocycles. The van der Waals surface area contributed by atoms with Crippen molar-refractivity contribution in [3.63, 3.8) is 0 Å². The van der Waals surface area contributed by atoms with E-state index in [2.05, 4.69) is 14.6 Å². The molecule has 13 heavy (non-hydrogen) atoms. The van der Waals surface area contributed by atoms with Crippen LogP contribution in [0.5, 0.6) is 0 Å². The van der Waals surface area contributed by atoms with Crippen LogP contribution in [-0.2, 0) is 4.74 Å². The number of carbonyl (C=O) groups excluding carboxylic acids is 1. The highest BCUT2D eigenvalue weighted by Crippen LogP contribution is 2.21. The lowest BCUT2D eigenvalue weighted by Crippen LogP contribution is -2.01. The first-order valence-corrected chi connectivity index (χ1v) is 3.68. The van der Waals surface area contributed by atoms with Gasteiger partial charge in [0.05, 0.1) is 19.2 Å². The standard InChI is InChI=1S/C8H5ClN2O2/c1-10-6-4-11-7(9)3-5(6)8(12)13-2/h3-4H,2H3. The molecule has 0 unspecified atom stereocenters. The number of ether oxygens (including phenoxy) is 1. The molecular formula is C8H5ClN2O2. The average molecular weight is 197 g/mol. The van der Waals surface area contributed by atoms with Crippen LogP contribution in [-0.4, -0.2) is 18.1 Å². The van der Waals surface area contributed by atoms with Crippen LogP contribution in [0, 0.1) is 6.57 Å². The van der Waals surface area contributed by atoms with Crippen LogP contribution in [0.4, 0.5) is 5.69 Å². The smallest absolute Gasteiger partial charge is 0.327 e. The topological polar surface area (TPSA) is 43.5 Å². The predicted molar refractivity (Wildman–Crippen MR) is 46.8 cm³/mol. The second-order valence-electron chi connectivity index (χ2n) is 2.13. The Balaban J connectivity index is 3.25. The van der Waals surface area contributed by atoms with Gasteiger partial charge < -0.3 is 4.74 Å². The van der Waals surface area contributed by atoms with Crippen molar-refractivity contribution in [1.29, 1.82) is 0 Å². The Hall–Kier alpha value is -1.60. The number of halogens is 1. The number of nitrogens with zero attached hydrogens (tertiary/aromatic N) is 2. The maximum absolute atomic E-state index is 11.1. The molecule has 0 atom stereocenters. The molecule has 0 aliphatic carbocycles. The fourth-order valence-electron chi connectivity index (χ4n) is 0.785. The number of hydrogen-bond acceptors (Lipinski definition) is 3. The van der Waals surface area contributed by atoms with Crippen molar-refractivity contribution in [2.24, 2.45) is 0 Å². The van der Waals surface area contributed by atoms with E-state index in [0.29, 0.717) is 0 Å². The molecule has 0 radical (unpaired) electrons. The molecule has 0 N–H and O–H groups in total. The number of carbonyl (C=O) groups is 1. The summed E-state index contributed by atoms with van der Waals surface area (Å²) >= 11 is 5.55. The highest BCUT2D eigenvalue weighted by atomic mass is 35.5. The molecule has 0 bridgehead atoms. The van der Waals surface area contributed by atoms with Crippen molar-refractivity contribution in [3.05, 3.63) is 34.4 Å². The lowest BCUT2D eigenvalue weighted by atomic mass is 10.2. The zero-order valence-corrected chi connectivity index (χ0v) is 7.50. The van der Waals surface area contributed by atoms with Gasteiger partial charge in [0.2, 0.25) is 5.69 Å². The summed E-state index contributed by atoms with van der Waals surface area (Å²) in [6.45, 7) is 6.76. The van der Waals surface area contributed by atoms with Crippen LogP contribution in [0.25, 0.3) is 4.85 Å². The Morgan fingerprint density at radius 2 is 2.46 bits per heavy atom. The molecule has 0 amide bonds. The van der Waals surface area contributed by atoms with E-state index in [-0.39, 0.29) is 16.4 Å². The van der Waals surface area contributed by atoms with Crippen LogP contribution < -0.4 is 0 Å². The molecule has 0 aliphatic heterocycles. The van der Waals surface area contributed by atoms with E-state index in [4.69, 9.17) is 18.2 Å². The van der Waals surface area contributed by atoms with E-state index in [1.54, 1.807) is 0 Å². The second-order valence-corrected chi connectivity index (χ2v) is 2.51. The number of esters is 1. The monoisotopic (exact) mass is 196 g/mol. The van der Waals surface area contributed by atoms with Crippen LogP contribution >= 0.6 is 11.6 Å². The number of methoxy groups -OCH3 is 1. The van der Waals surface area contributed by atoms with Gasteiger partial charge in [-0.1, -0.05) is 11.6 Å². The zero-order chi connectivity index (χ0) is 9.84. The molecule has 1 rings (SSSR count). The number of pyridine rings is 1. The van der Waals surface area contributed by atoms with E-state index in [1.807, 2.05) is 0 Å². The first kappa shape index (κ1) is 9.49. The molecule has 0 fully saturated rings. The van der Waals surface area contributed by atoms with Gasteiger partial charge in [0, 0.05) is 6.20 Å². The van der Waals surface area contributed by atoms with E-state index in [1.165, 1.54) is 19.4 Å². The molecular weight excluding hydrogens is 192 g/mol. The Bertz CT molecular complexity index is 384. The van der Waals surface area contributed by atoms with Crippen molar-refractivity contribution in [1.82, 2.24) is 4.98 Å². The van der Waals surface area contributed by atoms with Crippen LogP contribution in [0.15, 0.2) is 12.3 Å². The van der Waals surface area contributed by atoms with Gasteiger partial charge in [0.25, 0.3) is 0 Å². The maximum atomic E-state index is 11.1. The largest absolute Gasteiger partial charge is 0.466 e. The zero-order valence-electron chi connectivity index (χ0n) is 6.74. The van der Waals surface area contributed by atoms with Gasteiger partial charge in [-0.05, 0) is 6.07 Å². The average Bonchev–Trinajstić information content (AvgIpc) is 2.16. The quantitative estimate of drug-likeness (QED) is 0.392. The Morgan fingerprint density at radius 1 is 1.77 bits per heavy atom. The summed E-state index contributed by atoms with van der Waals surface area (Å²) in [4.78, 5) is 17.9. The first-order chi connectivity index (χ1) is 6.19. The van der Waals surface area contributed by atoms with E-state index in [9.17, 15) is 4.79 Å². The van der Waals surface area contributed by atoms with Gasteiger partial charge in [0.1, 0.15) is 5.15 Å². The van der Waals surface area contributed by atoms with E-state index < -0.39 is 5.97 Å². The van der Waals surface area contributed by atoms with Gasteiger partial charge >= 0.3 is 5.97 Å². The molecule has 0 spiro atoms. The predicted octanol–water partition coefficient (Wildman–Crippen LogP) is 2.07. The Morgan fingerprint density at radius 3 is 3.00 bits per heavy atom. The molecule has 5 heteroatoms. The molecule has 1 aromatic heterocycles. The third-order valence-corrected chi connectivity index (χ3v) is 1.58. The van der Waals surface area contributed by atoms with E-state index in [0.717, 1.165) is 0 Å². The minimum Gasteiger partial charge on any atom is -0.466 e. The van der Waals surface area contributed by atoms with Crippen molar-refractivity contribution < 1.29 is 9.53 Å². The highest BCUT2D eigenvalue weighted by Gasteiger charge is 2.12. The highest BCUT2D eigenvalue weighted by molar-refractivity contribution is 6.29. The van der Waals surface area contributed by atoms with Crippen LogP contribution in [0.2, 0.25) is 5.15 Å². The van der Waals surface area contributed by atoms with Gasteiger partial charge in [-0.15, -0.1) is 0 Å². The van der Waals surface area contributed by atoms with Crippen molar-refractivity contribution in [3.8, 4) is 0 Å². The van der Waals surface area contributed by atoms with Gasteiger partial charge in [-0.3, -0.25) is 4.98 Å². The Kier molecular flexibility index (Phi) is 2.83. The molecule has 0 aromatic carbocycles. The summed E-state index contributed by atoms with van der Waals surface area (Å²) in [6, 6.07) is 1.31. The fourth-order valence-corrected chi connectivity index (χ4v) is 0.943. The van der Waals surface area contributed by atoms with E-state index >= 15 is 0 Å². The summed E-state index contributed by atoms with van der Waals surface area (Å²) in [5.41, 5.74) is 0.272. The second kappa shape index (κ2) is 3.87. The Labute approximate surface area is 79.9 Å². The van der Waals surface area contributed by atoms with Crippen LogP contribution in [0.1, 0.15) is 10.4 Å². The SMILES string of the molecule is [C-]#[N+]c1cnc(Cl)cc1C(=O)OC. The van der Waals surface area contributed by atoms with Crippen molar-refractivity contribution in [2.45, 2.75) is 0 Å². The third-order valence-electron chi connectivity index (χ3n) is 1.38. The van der Waals surface area contributed by atoms with Gasteiger partial charge in [0.15, 0.2) is 0 Å². The summed E-state index contributed by atoms with van der Waals surface area (Å²) in [6.07, 6.45) is 1.24. The summed E-state index contributed by atoms with van der Waals surface area (Å²) in [7, 11) is 1.24. The van der Waals surface area contributed by atoms with Crippen LogP contribution in [0.3, 0.4) is 0 Å². The minimum atomic E-state index is -0.588. The minimum absolute atomic E-state index is 0.135. The number of rotatable bonds is 1. The maximum Gasteiger partial charge on any atom is 0.327 e. The summed E-state index contributed by atoms with van der Waals surface area (Å²) in [5, 5.41) is 0.160. The fraction of sp³-hybridized carbons (Fsp3) is 0.125. The van der Waals surface area contributed by atoms with Crippen molar-refractivity contribution in [2.75, 3.05) is 7.11 Å². The molecule has 1 heterocycles. The molecule has 0 saturated carbocycles. The van der Waals surface area contributed by atoms with Crippen molar-refractivity contribution >= 4 is 23.3 Å². The third kappa shape index (κ3) is 1.95. The lowest BCUT2D eigenvalue weighted by Gasteiger charge is -2.00. The first-order valence-electron chi connectivity index (χ1n) is 3.30. The number of aromatic nitrogens is 1. The molecule has 1 aromatic rings. The van der Waals surface area contributed by atoms with Gasteiger partial charge in [-0.25, -0.2) is 9.64 Å². The molecule has 0 aliphatic rings. The van der Waals surface area contributed by atoms with Gasteiger partial charge in [-0.2, -0.15) is 0 Å². The summed E-state index contributed by atoms with van der Waals surface area (Å²) in [5.74, 6) is -0.588. The summed E-state index contributed by atoms with van der Waals surface area (Å²) < 4.78 is 4.47. The molecule has 4 nitrogen and oxygen atoms in total. The lowest BCUT2D eigenvalue weighted by molar-refractivity contribution is 0.0602. The number of hydrogen-bond donors (Lipinski definition) is 0.